The van der Waals surface area contributed by atoms with Gasteiger partial charge in [-0.3, -0.25) is 0 Å². The Morgan fingerprint density at radius 1 is 1.44 bits per heavy atom. The number of nitrogens with two attached hydrogens (primary N) is 1. The van der Waals surface area contributed by atoms with Crippen LogP contribution in [0, 0.1) is 0 Å². The van der Waals surface area contributed by atoms with Crippen molar-refractivity contribution in [2.75, 3.05) is 13.2 Å². The molecule has 0 saturated heterocycles. The van der Waals surface area contributed by atoms with Gasteiger partial charge in [0.2, 0.25) is 0 Å². The minimum atomic E-state index is -0.414. The minimum Gasteiger partial charge on any atom is -0.448 e. The Balaban J connectivity index is 2.27. The van der Waals surface area contributed by atoms with Crippen LogP contribution in [-0.2, 0) is 11.2 Å². The maximum Gasteiger partial charge on any atom is 0.407 e. The lowest BCUT2D eigenvalue weighted by molar-refractivity contribution is 0.139. The summed E-state index contributed by atoms with van der Waals surface area (Å²) in [6.07, 6.45) is 1.12. The molecule has 0 spiro atoms. The largest absolute Gasteiger partial charge is 0.448 e. The van der Waals surface area contributed by atoms with Crippen LogP contribution in [0.15, 0.2) is 24.3 Å². The minimum absolute atomic E-state index is 0.207. The van der Waals surface area contributed by atoms with Crippen molar-refractivity contribution in [2.24, 2.45) is 5.73 Å². The molecule has 18 heavy (non-hydrogen) atoms. The molecule has 4 nitrogen and oxygen atoms in total. The molecule has 0 aliphatic carbocycles. The van der Waals surface area contributed by atoms with E-state index >= 15 is 0 Å². The van der Waals surface area contributed by atoms with Crippen LogP contribution in [0.25, 0.3) is 0 Å². The maximum atomic E-state index is 11.2. The lowest BCUT2D eigenvalue weighted by Crippen LogP contribution is -2.33. The number of nitrogens with one attached hydrogen (secondary N) is 1. The Labute approximate surface area is 112 Å². The fourth-order valence-corrected chi connectivity index (χ4v) is 1.57. The first kappa shape index (κ1) is 14.8. The SMILES string of the molecule is CCCNC(=O)OCC(N)Cc1ccc(Cl)cc1. The number of carbonyl (C=O) groups excluding carboxylic acids is 1. The third-order valence-electron chi connectivity index (χ3n) is 2.36. The molecule has 1 amide bonds. The number of amides is 1. The smallest absolute Gasteiger partial charge is 0.407 e. The molecular weight excluding hydrogens is 252 g/mol. The molecule has 0 radical (unpaired) electrons. The van der Waals surface area contributed by atoms with Crippen molar-refractivity contribution < 1.29 is 9.53 Å². The summed E-state index contributed by atoms with van der Waals surface area (Å²) in [4.78, 5) is 11.2. The number of alkyl carbamates (subject to hydrolysis) is 1. The number of hydrogen-bond donors (Lipinski definition) is 2. The van der Waals surface area contributed by atoms with Gasteiger partial charge in [-0.1, -0.05) is 30.7 Å². The van der Waals surface area contributed by atoms with E-state index in [0.29, 0.717) is 18.0 Å². The number of ether oxygens (including phenoxy) is 1. The van der Waals surface area contributed by atoms with E-state index in [0.717, 1.165) is 12.0 Å². The molecule has 1 rings (SSSR count). The second kappa shape index (κ2) is 7.95. The number of hydrogen-bond acceptors (Lipinski definition) is 3. The summed E-state index contributed by atoms with van der Waals surface area (Å²) in [5.74, 6) is 0. The zero-order chi connectivity index (χ0) is 13.4. The molecule has 1 aromatic rings. The topological polar surface area (TPSA) is 64.3 Å². The highest BCUT2D eigenvalue weighted by Gasteiger charge is 2.08. The van der Waals surface area contributed by atoms with Crippen molar-refractivity contribution >= 4 is 17.7 Å². The highest BCUT2D eigenvalue weighted by Crippen LogP contribution is 2.10. The highest BCUT2D eigenvalue weighted by atomic mass is 35.5. The number of carbonyl (C=O) groups is 1. The van der Waals surface area contributed by atoms with E-state index in [4.69, 9.17) is 22.1 Å². The van der Waals surface area contributed by atoms with Crippen LogP contribution in [0.4, 0.5) is 4.79 Å². The van der Waals surface area contributed by atoms with Gasteiger partial charge in [-0.15, -0.1) is 0 Å². The average molecular weight is 271 g/mol. The predicted molar refractivity (Wildman–Crippen MR) is 72.8 cm³/mol. The monoisotopic (exact) mass is 270 g/mol. The average Bonchev–Trinajstić information content (AvgIpc) is 2.36. The summed E-state index contributed by atoms with van der Waals surface area (Å²) < 4.78 is 5.00. The standard InChI is InChI=1S/C13H19ClN2O2/c1-2-7-16-13(17)18-9-12(15)8-10-3-5-11(14)6-4-10/h3-6,12H,2,7-9,15H2,1H3,(H,16,17). The van der Waals surface area contributed by atoms with Gasteiger partial charge in [-0.2, -0.15) is 0 Å². The normalized spacial score (nSPS) is 11.9. The third kappa shape index (κ3) is 5.89. The van der Waals surface area contributed by atoms with Crippen LogP contribution >= 0.6 is 11.6 Å². The van der Waals surface area contributed by atoms with E-state index in [9.17, 15) is 4.79 Å². The molecule has 0 aliphatic rings. The van der Waals surface area contributed by atoms with Crippen molar-refractivity contribution in [1.29, 1.82) is 0 Å². The number of halogens is 1. The molecule has 1 aromatic carbocycles. The van der Waals surface area contributed by atoms with Gasteiger partial charge < -0.3 is 15.8 Å². The van der Waals surface area contributed by atoms with Gasteiger partial charge in [-0.25, -0.2) is 4.79 Å². The Kier molecular flexibility index (Phi) is 6.54. The van der Waals surface area contributed by atoms with E-state index in [1.165, 1.54) is 0 Å². The maximum absolute atomic E-state index is 11.2. The lowest BCUT2D eigenvalue weighted by Gasteiger charge is -2.12. The zero-order valence-corrected chi connectivity index (χ0v) is 11.2. The van der Waals surface area contributed by atoms with Crippen molar-refractivity contribution in [3.05, 3.63) is 34.9 Å². The van der Waals surface area contributed by atoms with Crippen LogP contribution in [0.3, 0.4) is 0 Å². The Bertz CT molecular complexity index is 368. The molecule has 0 fully saturated rings. The van der Waals surface area contributed by atoms with Gasteiger partial charge in [-0.05, 0) is 30.5 Å². The second-order valence-electron chi connectivity index (χ2n) is 4.12. The van der Waals surface area contributed by atoms with Gasteiger partial charge in [0.15, 0.2) is 0 Å². The van der Waals surface area contributed by atoms with Crippen molar-refractivity contribution in [3.63, 3.8) is 0 Å². The molecule has 1 atom stereocenters. The summed E-state index contributed by atoms with van der Waals surface area (Å²) >= 11 is 5.79. The van der Waals surface area contributed by atoms with Gasteiger partial charge in [0.05, 0.1) is 0 Å². The first-order valence-electron chi connectivity index (χ1n) is 6.02. The van der Waals surface area contributed by atoms with Crippen molar-refractivity contribution in [2.45, 2.75) is 25.8 Å². The van der Waals surface area contributed by atoms with Crippen molar-refractivity contribution in [3.8, 4) is 0 Å². The fraction of sp³-hybridized carbons (Fsp3) is 0.462. The van der Waals surface area contributed by atoms with E-state index in [1.807, 2.05) is 31.2 Å². The summed E-state index contributed by atoms with van der Waals surface area (Å²) in [5.41, 5.74) is 6.96. The summed E-state index contributed by atoms with van der Waals surface area (Å²) in [5, 5.41) is 3.32. The van der Waals surface area contributed by atoms with Crippen molar-refractivity contribution in [1.82, 2.24) is 5.32 Å². The number of rotatable bonds is 6. The first-order valence-corrected chi connectivity index (χ1v) is 6.40. The van der Waals surface area contributed by atoms with E-state index < -0.39 is 6.09 Å². The molecule has 0 heterocycles. The summed E-state index contributed by atoms with van der Waals surface area (Å²) in [7, 11) is 0. The molecule has 100 valence electrons. The molecule has 3 N–H and O–H groups in total. The van der Waals surface area contributed by atoms with E-state index in [1.54, 1.807) is 0 Å². The van der Waals surface area contributed by atoms with Gasteiger partial charge >= 0.3 is 6.09 Å². The highest BCUT2D eigenvalue weighted by molar-refractivity contribution is 6.30. The van der Waals surface area contributed by atoms with E-state index in [2.05, 4.69) is 5.32 Å². The lowest BCUT2D eigenvalue weighted by atomic mass is 10.1. The predicted octanol–water partition coefficient (Wildman–Crippen LogP) is 2.35. The Morgan fingerprint density at radius 3 is 2.72 bits per heavy atom. The Hall–Kier alpha value is -1.26. The van der Waals surface area contributed by atoms with Crippen LogP contribution < -0.4 is 11.1 Å². The molecule has 0 saturated carbocycles. The van der Waals surface area contributed by atoms with Gasteiger partial charge in [0, 0.05) is 17.6 Å². The Morgan fingerprint density at radius 2 is 2.11 bits per heavy atom. The summed E-state index contributed by atoms with van der Waals surface area (Å²) in [6.45, 7) is 2.80. The quantitative estimate of drug-likeness (QED) is 0.834. The zero-order valence-electron chi connectivity index (χ0n) is 10.5. The van der Waals surface area contributed by atoms with Crippen LogP contribution in [-0.4, -0.2) is 25.3 Å². The third-order valence-corrected chi connectivity index (χ3v) is 2.61. The first-order chi connectivity index (χ1) is 8.61. The van der Waals surface area contributed by atoms with E-state index in [-0.39, 0.29) is 12.6 Å². The number of benzene rings is 1. The molecule has 5 heteroatoms. The van der Waals surface area contributed by atoms with Crippen LogP contribution in [0.2, 0.25) is 5.02 Å². The van der Waals surface area contributed by atoms with Crippen LogP contribution in [0.5, 0.6) is 0 Å². The summed E-state index contributed by atoms with van der Waals surface area (Å²) in [6, 6.07) is 7.26. The van der Waals surface area contributed by atoms with Crippen LogP contribution in [0.1, 0.15) is 18.9 Å². The second-order valence-corrected chi connectivity index (χ2v) is 4.55. The molecule has 0 aliphatic heterocycles. The molecule has 0 aromatic heterocycles. The fourth-order valence-electron chi connectivity index (χ4n) is 1.44. The molecular formula is C13H19ClN2O2. The molecule has 0 bridgehead atoms. The van der Waals surface area contributed by atoms with Gasteiger partial charge in [0.25, 0.3) is 0 Å². The van der Waals surface area contributed by atoms with Gasteiger partial charge in [0.1, 0.15) is 6.61 Å². The molecule has 1 unspecified atom stereocenters.